The number of pyridine rings is 1. The van der Waals surface area contributed by atoms with E-state index < -0.39 is 0 Å². The lowest BCUT2D eigenvalue weighted by Crippen LogP contribution is -2.52. The topological polar surface area (TPSA) is 45.2 Å². The van der Waals surface area contributed by atoms with Crippen LogP contribution in [0.3, 0.4) is 0 Å². The third-order valence-corrected chi connectivity index (χ3v) is 6.47. The van der Waals surface area contributed by atoms with Crippen LogP contribution >= 0.6 is 22.7 Å². The number of hydrogen-bond acceptors (Lipinski definition) is 5. The summed E-state index contributed by atoms with van der Waals surface area (Å²) >= 11 is 3.17. The first kappa shape index (κ1) is 16.5. The summed E-state index contributed by atoms with van der Waals surface area (Å²) in [6, 6.07) is 6.20. The molecule has 130 valence electrons. The monoisotopic (exact) mass is 371 g/mol. The van der Waals surface area contributed by atoms with Gasteiger partial charge in [0.2, 0.25) is 0 Å². The summed E-state index contributed by atoms with van der Waals surface area (Å²) in [5.41, 5.74) is 2.80. The first-order valence-electron chi connectivity index (χ1n) is 8.31. The van der Waals surface area contributed by atoms with E-state index in [9.17, 15) is 4.79 Å². The average Bonchev–Trinajstić information content (AvgIpc) is 3.12. The lowest BCUT2D eigenvalue weighted by Gasteiger charge is -2.44. The van der Waals surface area contributed by atoms with Crippen molar-refractivity contribution in [1.82, 2.24) is 9.88 Å². The van der Waals surface area contributed by atoms with Crippen LogP contribution in [-0.2, 0) is 0 Å². The molecule has 1 aliphatic rings. The van der Waals surface area contributed by atoms with Crippen molar-refractivity contribution in [3.63, 3.8) is 0 Å². The molecule has 1 N–H and O–H groups in total. The molecular formula is C19H21N3OS2. The van der Waals surface area contributed by atoms with Crippen molar-refractivity contribution in [3.05, 3.63) is 44.6 Å². The molecule has 0 fully saturated rings. The number of nitrogens with one attached hydrogen (secondary N) is 1. The van der Waals surface area contributed by atoms with Gasteiger partial charge in [0, 0.05) is 21.5 Å². The largest absolute Gasteiger partial charge is 0.359 e. The molecule has 0 saturated heterocycles. The molecule has 4 nitrogen and oxygen atoms in total. The number of aryl methyl sites for hydroxylation is 2. The number of aromatic nitrogens is 1. The molecule has 1 atom stereocenters. The van der Waals surface area contributed by atoms with Gasteiger partial charge in [-0.3, -0.25) is 4.79 Å². The van der Waals surface area contributed by atoms with Crippen molar-refractivity contribution in [2.45, 2.75) is 46.3 Å². The fraction of sp³-hybridized carbons (Fsp3) is 0.368. The second-order valence-electron chi connectivity index (χ2n) is 7.48. The molecule has 6 heteroatoms. The van der Waals surface area contributed by atoms with E-state index in [0.717, 1.165) is 36.9 Å². The molecular weight excluding hydrogens is 350 g/mol. The summed E-state index contributed by atoms with van der Waals surface area (Å²) in [6.45, 7) is 10.3. The van der Waals surface area contributed by atoms with Gasteiger partial charge in [0.25, 0.3) is 5.91 Å². The van der Waals surface area contributed by atoms with Gasteiger partial charge >= 0.3 is 0 Å². The number of nitrogens with zero attached hydrogens (tertiary/aromatic N) is 2. The van der Waals surface area contributed by atoms with Crippen molar-refractivity contribution in [3.8, 4) is 0 Å². The molecule has 4 rings (SSSR count). The Morgan fingerprint density at radius 1 is 1.28 bits per heavy atom. The SMILES string of the molecule is Cc1cc(C)c2c3c(sc2n1)C(=O)N(C(C)(C)C)C(c1cccs1)N3. The van der Waals surface area contributed by atoms with E-state index in [1.807, 2.05) is 17.9 Å². The second kappa shape index (κ2) is 5.54. The van der Waals surface area contributed by atoms with Crippen LogP contribution in [0.5, 0.6) is 0 Å². The maximum atomic E-state index is 13.4. The van der Waals surface area contributed by atoms with Gasteiger partial charge in [-0.05, 0) is 57.7 Å². The van der Waals surface area contributed by atoms with Gasteiger partial charge in [-0.1, -0.05) is 6.07 Å². The lowest BCUT2D eigenvalue weighted by atomic mass is 10.0. The number of fused-ring (bicyclic) bond motifs is 3. The first-order valence-corrected chi connectivity index (χ1v) is 10.0. The normalized spacial score (nSPS) is 17.7. The fourth-order valence-electron chi connectivity index (χ4n) is 3.50. The summed E-state index contributed by atoms with van der Waals surface area (Å²) < 4.78 is 0. The van der Waals surface area contributed by atoms with Crippen LogP contribution in [0.2, 0.25) is 0 Å². The third-order valence-electron chi connectivity index (χ3n) is 4.47. The number of carbonyl (C=O) groups is 1. The predicted octanol–water partition coefficient (Wildman–Crippen LogP) is 5.34. The van der Waals surface area contributed by atoms with E-state index in [0.29, 0.717) is 0 Å². The Morgan fingerprint density at radius 3 is 2.68 bits per heavy atom. The van der Waals surface area contributed by atoms with Crippen LogP contribution in [0.1, 0.15) is 52.7 Å². The van der Waals surface area contributed by atoms with Crippen LogP contribution in [-0.4, -0.2) is 21.3 Å². The summed E-state index contributed by atoms with van der Waals surface area (Å²) in [4.78, 5) is 22.9. The maximum Gasteiger partial charge on any atom is 0.268 e. The summed E-state index contributed by atoms with van der Waals surface area (Å²) in [6.07, 6.45) is -0.154. The van der Waals surface area contributed by atoms with Crippen molar-refractivity contribution in [1.29, 1.82) is 0 Å². The van der Waals surface area contributed by atoms with Crippen molar-refractivity contribution in [2.24, 2.45) is 0 Å². The van der Waals surface area contributed by atoms with E-state index in [-0.39, 0.29) is 17.6 Å². The smallest absolute Gasteiger partial charge is 0.268 e. The lowest BCUT2D eigenvalue weighted by molar-refractivity contribution is 0.0466. The third kappa shape index (κ3) is 2.55. The number of hydrogen-bond donors (Lipinski definition) is 1. The Balaban J connectivity index is 1.96. The zero-order valence-electron chi connectivity index (χ0n) is 15.0. The minimum absolute atomic E-state index is 0.0831. The molecule has 0 aromatic carbocycles. The molecule has 1 amide bonds. The Bertz CT molecular complexity index is 967. The van der Waals surface area contributed by atoms with Crippen molar-refractivity contribution < 1.29 is 4.79 Å². The number of thiophene rings is 2. The molecule has 3 aromatic heterocycles. The molecule has 4 heterocycles. The molecule has 0 spiro atoms. The van der Waals surface area contributed by atoms with Crippen LogP contribution < -0.4 is 5.32 Å². The Labute approximate surface area is 155 Å². The number of rotatable bonds is 1. The summed E-state index contributed by atoms with van der Waals surface area (Å²) in [5.74, 6) is 0.0831. The van der Waals surface area contributed by atoms with Gasteiger partial charge in [0.15, 0.2) is 0 Å². The second-order valence-corrected chi connectivity index (χ2v) is 9.45. The van der Waals surface area contributed by atoms with Gasteiger partial charge in [-0.25, -0.2) is 4.98 Å². The molecule has 0 saturated carbocycles. The van der Waals surface area contributed by atoms with Gasteiger partial charge in [0.05, 0.1) is 5.69 Å². The number of carbonyl (C=O) groups excluding carboxylic acids is 1. The van der Waals surface area contributed by atoms with E-state index in [1.165, 1.54) is 11.3 Å². The Morgan fingerprint density at radius 2 is 2.04 bits per heavy atom. The fourth-order valence-corrected chi connectivity index (χ4v) is 5.46. The molecule has 1 unspecified atom stereocenters. The van der Waals surface area contributed by atoms with Crippen LogP contribution in [0.25, 0.3) is 10.2 Å². The number of anilines is 1. The van der Waals surface area contributed by atoms with E-state index in [4.69, 9.17) is 0 Å². The van der Waals surface area contributed by atoms with E-state index >= 15 is 0 Å². The highest BCUT2D eigenvalue weighted by Crippen LogP contribution is 2.46. The first-order chi connectivity index (χ1) is 11.8. The van der Waals surface area contributed by atoms with Gasteiger partial charge in [-0.15, -0.1) is 22.7 Å². The van der Waals surface area contributed by atoms with Gasteiger partial charge < -0.3 is 10.2 Å². The standard InChI is InChI=1S/C19H21N3OS2/c1-10-9-11(2)20-17-13(10)14-15(25-17)18(23)22(19(3,4)5)16(21-14)12-7-6-8-24-12/h6-9,16,21H,1-5H3. The molecule has 0 radical (unpaired) electrons. The summed E-state index contributed by atoms with van der Waals surface area (Å²) in [7, 11) is 0. The quantitative estimate of drug-likeness (QED) is 0.628. The minimum atomic E-state index is -0.287. The molecule has 3 aromatic rings. The highest BCUT2D eigenvalue weighted by Gasteiger charge is 2.42. The Kier molecular flexibility index (Phi) is 3.67. The molecule has 1 aliphatic heterocycles. The minimum Gasteiger partial charge on any atom is -0.359 e. The van der Waals surface area contributed by atoms with Gasteiger partial charge in [-0.2, -0.15) is 0 Å². The predicted molar refractivity (Wildman–Crippen MR) is 106 cm³/mol. The molecule has 0 aliphatic carbocycles. The zero-order valence-corrected chi connectivity index (χ0v) is 16.6. The maximum absolute atomic E-state index is 13.4. The van der Waals surface area contributed by atoms with Crippen molar-refractivity contribution in [2.75, 3.05) is 5.32 Å². The van der Waals surface area contributed by atoms with Crippen LogP contribution in [0, 0.1) is 13.8 Å². The Hall–Kier alpha value is -1.92. The number of amides is 1. The highest BCUT2D eigenvalue weighted by molar-refractivity contribution is 7.21. The average molecular weight is 372 g/mol. The highest BCUT2D eigenvalue weighted by atomic mass is 32.1. The van der Waals surface area contributed by atoms with Crippen LogP contribution in [0.15, 0.2) is 23.6 Å². The van der Waals surface area contributed by atoms with Gasteiger partial charge in [0.1, 0.15) is 15.9 Å². The van der Waals surface area contributed by atoms with E-state index in [1.54, 1.807) is 11.3 Å². The zero-order chi connectivity index (χ0) is 17.9. The molecule has 25 heavy (non-hydrogen) atoms. The molecule has 0 bridgehead atoms. The van der Waals surface area contributed by atoms with E-state index in [2.05, 4.69) is 55.5 Å². The van der Waals surface area contributed by atoms with Crippen LogP contribution in [0.4, 0.5) is 5.69 Å². The van der Waals surface area contributed by atoms with Crippen molar-refractivity contribution >= 4 is 44.5 Å². The summed E-state index contributed by atoms with van der Waals surface area (Å²) in [5, 5.41) is 6.79.